The summed E-state index contributed by atoms with van der Waals surface area (Å²) in [5.74, 6) is -2.38. The molecule has 2 radical (unpaired) electrons. The van der Waals surface area contributed by atoms with E-state index in [9.17, 15) is 40.6 Å². The van der Waals surface area contributed by atoms with E-state index < -0.39 is 47.7 Å². The summed E-state index contributed by atoms with van der Waals surface area (Å²) >= 11 is 0. The molecular weight excluding hydrogens is 526 g/mol. The SMILES string of the molecule is COC(=O)c1cc(N)cc(C(=O)Nc2cc(S(=O)(=O)O)cc3cc(S(=O)(=O)O)cc(O)c23)c1.[Na].[Na]. The molecule has 0 atom stereocenters. The molecule has 35 heavy (non-hydrogen) atoms. The van der Waals surface area contributed by atoms with Crippen LogP contribution in [0, 0.1) is 0 Å². The van der Waals surface area contributed by atoms with Gasteiger partial charge < -0.3 is 20.9 Å². The van der Waals surface area contributed by atoms with Gasteiger partial charge in [0.1, 0.15) is 5.75 Å². The fraction of sp³-hybridized carbons (Fsp3) is 0.0526. The van der Waals surface area contributed by atoms with Crippen molar-refractivity contribution >= 4 is 113 Å². The Hall–Kier alpha value is -1.72. The van der Waals surface area contributed by atoms with Crippen molar-refractivity contribution in [3.63, 3.8) is 0 Å². The number of carbonyl (C=O) groups is 2. The van der Waals surface area contributed by atoms with Gasteiger partial charge in [0.15, 0.2) is 0 Å². The van der Waals surface area contributed by atoms with E-state index in [0.717, 1.165) is 31.4 Å². The zero-order valence-electron chi connectivity index (χ0n) is 18.6. The van der Waals surface area contributed by atoms with Gasteiger partial charge in [0.05, 0.1) is 28.2 Å². The van der Waals surface area contributed by atoms with Crippen LogP contribution in [0.1, 0.15) is 20.7 Å². The second-order valence-electron chi connectivity index (χ2n) is 6.75. The van der Waals surface area contributed by atoms with Crippen LogP contribution in [0.3, 0.4) is 0 Å². The zero-order chi connectivity index (χ0) is 24.7. The average molecular weight is 542 g/mol. The number of hydrogen-bond donors (Lipinski definition) is 5. The van der Waals surface area contributed by atoms with Crippen LogP contribution in [0.25, 0.3) is 10.8 Å². The number of phenolic OH excluding ortho intramolecular Hbond substituents is 1. The zero-order valence-corrected chi connectivity index (χ0v) is 24.3. The molecule has 0 bridgehead atoms. The number of benzene rings is 3. The van der Waals surface area contributed by atoms with Crippen LogP contribution in [0.5, 0.6) is 5.75 Å². The Morgan fingerprint density at radius 3 is 1.89 bits per heavy atom. The van der Waals surface area contributed by atoms with Crippen LogP contribution in [0.2, 0.25) is 0 Å². The molecule has 6 N–H and O–H groups in total. The van der Waals surface area contributed by atoms with Crippen LogP contribution in [-0.4, -0.2) is 109 Å². The van der Waals surface area contributed by atoms with E-state index in [0.29, 0.717) is 6.07 Å². The summed E-state index contributed by atoms with van der Waals surface area (Å²) in [6, 6.07) is 6.83. The van der Waals surface area contributed by atoms with Crippen molar-refractivity contribution in [1.82, 2.24) is 0 Å². The number of anilines is 2. The molecule has 0 spiro atoms. The summed E-state index contributed by atoms with van der Waals surface area (Å²) in [6.45, 7) is 0. The number of hydrogen-bond acceptors (Lipinski definition) is 9. The Balaban J connectivity index is 0.00000306. The van der Waals surface area contributed by atoms with E-state index in [1.54, 1.807) is 0 Å². The van der Waals surface area contributed by atoms with Gasteiger partial charge in [-0.1, -0.05) is 0 Å². The number of phenols is 1. The summed E-state index contributed by atoms with van der Waals surface area (Å²) in [5.41, 5.74) is 5.26. The van der Waals surface area contributed by atoms with E-state index >= 15 is 0 Å². The number of fused-ring (bicyclic) bond motifs is 1. The number of carbonyl (C=O) groups excluding carboxylic acids is 2. The third kappa shape index (κ3) is 7.16. The van der Waals surface area contributed by atoms with Crippen LogP contribution in [-0.2, 0) is 25.0 Å². The molecule has 0 heterocycles. The first-order valence-corrected chi connectivity index (χ1v) is 11.6. The van der Waals surface area contributed by atoms with Gasteiger partial charge in [0, 0.05) is 81.8 Å². The normalized spacial score (nSPS) is 11.2. The summed E-state index contributed by atoms with van der Waals surface area (Å²) in [7, 11) is -8.49. The number of ether oxygens (including phenoxy) is 1. The van der Waals surface area contributed by atoms with Gasteiger partial charge in [-0.15, -0.1) is 0 Å². The number of esters is 1. The second-order valence-corrected chi connectivity index (χ2v) is 9.59. The summed E-state index contributed by atoms with van der Waals surface area (Å²) < 4.78 is 69.6. The van der Waals surface area contributed by atoms with Crippen molar-refractivity contribution in [2.75, 3.05) is 18.2 Å². The monoisotopic (exact) mass is 542 g/mol. The van der Waals surface area contributed by atoms with Crippen LogP contribution in [0.4, 0.5) is 11.4 Å². The number of nitrogens with one attached hydrogen (secondary N) is 1. The first kappa shape index (κ1) is 31.3. The number of rotatable bonds is 5. The smallest absolute Gasteiger partial charge is 0.337 e. The van der Waals surface area contributed by atoms with Gasteiger partial charge in [-0.25, -0.2) is 4.79 Å². The molecule has 3 aromatic carbocycles. The van der Waals surface area contributed by atoms with E-state index in [4.69, 9.17) is 5.73 Å². The number of nitrogens with two attached hydrogens (primary N) is 1. The number of amides is 1. The van der Waals surface area contributed by atoms with Crippen molar-refractivity contribution in [2.24, 2.45) is 0 Å². The van der Waals surface area contributed by atoms with E-state index in [-0.39, 0.29) is 92.4 Å². The summed E-state index contributed by atoms with van der Waals surface area (Å²) in [5, 5.41) is 12.2. The minimum absolute atomic E-state index is 0. The largest absolute Gasteiger partial charge is 0.507 e. The van der Waals surface area contributed by atoms with Crippen LogP contribution < -0.4 is 11.1 Å². The van der Waals surface area contributed by atoms with Crippen molar-refractivity contribution in [2.45, 2.75) is 9.79 Å². The van der Waals surface area contributed by atoms with E-state index in [1.807, 2.05) is 0 Å². The second kappa shape index (κ2) is 11.6. The van der Waals surface area contributed by atoms with E-state index in [1.165, 1.54) is 12.1 Å². The first-order chi connectivity index (χ1) is 15.2. The molecule has 0 fully saturated rings. The molecule has 3 aromatic rings. The third-order valence-corrected chi connectivity index (χ3v) is 6.12. The first-order valence-electron chi connectivity index (χ1n) is 8.76. The fourth-order valence-corrected chi connectivity index (χ4v) is 4.13. The van der Waals surface area contributed by atoms with Crippen molar-refractivity contribution < 1.29 is 45.4 Å². The van der Waals surface area contributed by atoms with Gasteiger partial charge in [-0.2, -0.15) is 16.8 Å². The molecule has 0 aliphatic carbocycles. The molecule has 176 valence electrons. The maximum atomic E-state index is 12.8. The molecule has 0 unspecified atom stereocenters. The molecular formula is C19H16N2Na2O10S2. The molecule has 3 rings (SSSR count). The van der Waals surface area contributed by atoms with Gasteiger partial charge in [-0.3, -0.25) is 13.9 Å². The Labute approximate surface area is 243 Å². The summed E-state index contributed by atoms with van der Waals surface area (Å²) in [4.78, 5) is 23.1. The number of nitrogen functional groups attached to an aromatic ring is 1. The van der Waals surface area contributed by atoms with Gasteiger partial charge >= 0.3 is 5.97 Å². The Morgan fingerprint density at radius 2 is 1.37 bits per heavy atom. The molecule has 0 aromatic heterocycles. The number of methoxy groups -OCH3 is 1. The molecule has 0 aliphatic rings. The third-order valence-electron chi connectivity index (χ3n) is 4.46. The van der Waals surface area contributed by atoms with Crippen molar-refractivity contribution in [1.29, 1.82) is 0 Å². The Bertz CT molecular complexity index is 1540. The number of aromatic hydroxyl groups is 1. The van der Waals surface area contributed by atoms with Gasteiger partial charge in [0.25, 0.3) is 26.1 Å². The molecule has 1 amide bonds. The average Bonchev–Trinajstić information content (AvgIpc) is 2.70. The van der Waals surface area contributed by atoms with Gasteiger partial charge in [-0.05, 0) is 41.8 Å². The maximum absolute atomic E-state index is 12.8. The molecule has 12 nitrogen and oxygen atoms in total. The van der Waals surface area contributed by atoms with Crippen LogP contribution in [0.15, 0.2) is 52.3 Å². The Kier molecular flexibility index (Phi) is 10.3. The predicted octanol–water partition coefficient (Wildman–Crippen LogP) is 0.898. The van der Waals surface area contributed by atoms with E-state index in [2.05, 4.69) is 10.1 Å². The standard InChI is InChI=1S/C19H16N2O10S2.2Na/c1-31-19(24)11-2-10(3-12(20)4-11)18(23)21-15-7-13(32(25,26)27)5-9-6-14(33(28,29)30)8-16(22)17(9)15;;/h2-8,22H,20H2,1H3,(H,21,23)(H,25,26,27)(H,28,29,30);;. The topological polar surface area (TPSA) is 210 Å². The predicted molar refractivity (Wildman–Crippen MR) is 127 cm³/mol. The maximum Gasteiger partial charge on any atom is 0.337 e. The quantitative estimate of drug-likeness (QED) is 0.132. The minimum Gasteiger partial charge on any atom is -0.507 e. The molecule has 16 heteroatoms. The fourth-order valence-electron chi connectivity index (χ4n) is 3.05. The molecule has 0 saturated carbocycles. The van der Waals surface area contributed by atoms with Gasteiger partial charge in [0.2, 0.25) is 0 Å². The minimum atomic E-state index is -4.83. The summed E-state index contributed by atoms with van der Waals surface area (Å²) in [6.07, 6.45) is 0. The Morgan fingerprint density at radius 1 is 0.857 bits per heavy atom. The molecule has 0 aliphatic heterocycles. The van der Waals surface area contributed by atoms with Crippen LogP contribution >= 0.6 is 0 Å². The van der Waals surface area contributed by atoms with Crippen molar-refractivity contribution in [3.05, 3.63) is 53.6 Å². The van der Waals surface area contributed by atoms with Crippen molar-refractivity contribution in [3.8, 4) is 5.75 Å². The molecule has 0 saturated heterocycles.